The van der Waals surface area contributed by atoms with Crippen molar-refractivity contribution in [2.24, 2.45) is 0 Å². The van der Waals surface area contributed by atoms with Crippen molar-refractivity contribution in [1.29, 1.82) is 0 Å². The maximum atomic E-state index is 6.69. The van der Waals surface area contributed by atoms with Gasteiger partial charge in [-0.1, -0.05) is 133 Å². The molecule has 9 rings (SSSR count). The molecule has 46 heavy (non-hydrogen) atoms. The van der Waals surface area contributed by atoms with Gasteiger partial charge in [0.2, 0.25) is 0 Å². The van der Waals surface area contributed by atoms with Gasteiger partial charge in [-0.2, -0.15) is 0 Å². The number of hydrogen-bond acceptors (Lipinski definition) is 2. The summed E-state index contributed by atoms with van der Waals surface area (Å²) < 4.78 is 6.69. The van der Waals surface area contributed by atoms with Crippen LogP contribution in [-0.2, 0) is 0 Å². The number of furan rings is 1. The van der Waals surface area contributed by atoms with Crippen molar-refractivity contribution in [2.45, 2.75) is 0 Å². The Morgan fingerprint density at radius 3 is 1.37 bits per heavy atom. The quantitative estimate of drug-likeness (QED) is 0.199. The smallest absolute Gasteiger partial charge is 0.143 e. The lowest BCUT2D eigenvalue weighted by molar-refractivity contribution is 0.632. The second-order valence-electron chi connectivity index (χ2n) is 11.7. The van der Waals surface area contributed by atoms with Crippen LogP contribution in [0.25, 0.3) is 66.8 Å². The fourth-order valence-corrected chi connectivity index (χ4v) is 6.94. The van der Waals surface area contributed by atoms with Crippen molar-refractivity contribution >= 4 is 28.0 Å². The highest BCUT2D eigenvalue weighted by atomic mass is 16.3. The molecule has 2 nitrogen and oxygen atoms in total. The predicted molar refractivity (Wildman–Crippen MR) is 192 cm³/mol. The molecule has 0 radical (unpaired) electrons. The number of para-hydroxylation sites is 2. The molecule has 1 aromatic heterocycles. The summed E-state index contributed by atoms with van der Waals surface area (Å²) in [7, 11) is 0. The molecule has 2 heteroatoms. The van der Waals surface area contributed by atoms with E-state index in [1.165, 1.54) is 38.8 Å². The highest BCUT2D eigenvalue weighted by molar-refractivity contribution is 6.15. The summed E-state index contributed by atoms with van der Waals surface area (Å²) in [5, 5.41) is 1.18. The Morgan fingerprint density at radius 1 is 0.326 bits per heavy atom. The van der Waals surface area contributed by atoms with Crippen LogP contribution in [0, 0.1) is 0 Å². The summed E-state index contributed by atoms with van der Waals surface area (Å²) in [6.07, 6.45) is 0. The molecular formula is C44H29NO. The first-order chi connectivity index (χ1) is 22.8. The largest absolute Gasteiger partial charge is 0.455 e. The van der Waals surface area contributed by atoms with E-state index in [9.17, 15) is 0 Å². The van der Waals surface area contributed by atoms with E-state index in [-0.39, 0.29) is 0 Å². The summed E-state index contributed by atoms with van der Waals surface area (Å²) in [5.74, 6) is 0.908. The van der Waals surface area contributed by atoms with Gasteiger partial charge < -0.3 is 9.32 Å². The van der Waals surface area contributed by atoms with E-state index in [4.69, 9.17) is 4.42 Å². The summed E-state index contributed by atoms with van der Waals surface area (Å²) in [6, 6.07) is 62.4. The van der Waals surface area contributed by atoms with E-state index in [0.717, 1.165) is 45.1 Å². The lowest BCUT2D eigenvalue weighted by Crippen LogP contribution is -2.09. The van der Waals surface area contributed by atoms with E-state index >= 15 is 0 Å². The number of benzene rings is 7. The van der Waals surface area contributed by atoms with Crippen molar-refractivity contribution in [3.8, 4) is 55.8 Å². The Balaban J connectivity index is 1.11. The van der Waals surface area contributed by atoms with E-state index in [1.54, 1.807) is 0 Å². The monoisotopic (exact) mass is 587 g/mol. The van der Waals surface area contributed by atoms with Crippen LogP contribution in [0.1, 0.15) is 0 Å². The molecule has 0 saturated carbocycles. The standard InChI is InChI=1S/C44H29NO/c1-3-12-33(13-4-1)45(34-14-5-2-6-15-34)35-28-26-31(27-29-35)30-22-24-32(25-23-30)44-43-40-19-10-9-18-38(40)36-16-7-8-17-37(36)39-20-11-21-41(46-44)42(39)43/h1-29H. The van der Waals surface area contributed by atoms with Crippen LogP contribution >= 0.6 is 0 Å². The first kappa shape index (κ1) is 26.3. The normalized spacial score (nSPS) is 11.5. The Kier molecular flexibility index (Phi) is 6.17. The average molecular weight is 588 g/mol. The van der Waals surface area contributed by atoms with E-state index < -0.39 is 0 Å². The third-order valence-corrected chi connectivity index (χ3v) is 9.05. The second-order valence-corrected chi connectivity index (χ2v) is 11.7. The summed E-state index contributed by atoms with van der Waals surface area (Å²) >= 11 is 0. The molecule has 1 heterocycles. The molecule has 1 aliphatic rings. The SMILES string of the molecule is c1ccc(N(c2ccccc2)c2ccc(-c3ccc(-c4oc5cccc6c5c4-c4ccccc4-c4ccccc4-6)cc3)cc2)cc1. The molecule has 0 amide bonds. The molecule has 0 atom stereocenters. The Labute approximate surface area is 268 Å². The van der Waals surface area contributed by atoms with Crippen molar-refractivity contribution < 1.29 is 4.42 Å². The first-order valence-corrected chi connectivity index (χ1v) is 15.7. The molecule has 7 aromatic carbocycles. The minimum absolute atomic E-state index is 0.908. The molecule has 0 aliphatic heterocycles. The van der Waals surface area contributed by atoms with Gasteiger partial charge in [0, 0.05) is 33.6 Å². The fraction of sp³-hybridized carbons (Fsp3) is 0. The molecule has 0 unspecified atom stereocenters. The lowest BCUT2D eigenvalue weighted by atomic mass is 9.93. The minimum Gasteiger partial charge on any atom is -0.455 e. The molecule has 8 aromatic rings. The van der Waals surface area contributed by atoms with Crippen LogP contribution in [0.3, 0.4) is 0 Å². The average Bonchev–Trinajstić information content (AvgIpc) is 3.47. The minimum atomic E-state index is 0.908. The first-order valence-electron chi connectivity index (χ1n) is 15.7. The lowest BCUT2D eigenvalue weighted by Gasteiger charge is -2.25. The third kappa shape index (κ3) is 4.27. The van der Waals surface area contributed by atoms with Gasteiger partial charge in [0.1, 0.15) is 11.3 Å². The fourth-order valence-electron chi connectivity index (χ4n) is 6.94. The van der Waals surface area contributed by atoms with E-state index in [0.29, 0.717) is 0 Å². The predicted octanol–water partition coefficient (Wildman–Crippen LogP) is 12.6. The Bertz CT molecular complexity index is 2290. The van der Waals surface area contributed by atoms with Crippen molar-refractivity contribution in [2.75, 3.05) is 4.90 Å². The molecular weight excluding hydrogens is 558 g/mol. The maximum Gasteiger partial charge on any atom is 0.143 e. The van der Waals surface area contributed by atoms with E-state index in [2.05, 4.69) is 181 Å². The van der Waals surface area contributed by atoms with Crippen LogP contribution in [0.4, 0.5) is 17.1 Å². The summed E-state index contributed by atoms with van der Waals surface area (Å²) in [6.45, 7) is 0. The van der Waals surface area contributed by atoms with Gasteiger partial charge in [-0.05, 0) is 81.4 Å². The number of nitrogens with zero attached hydrogens (tertiary/aromatic N) is 1. The molecule has 0 spiro atoms. The zero-order valence-corrected chi connectivity index (χ0v) is 25.1. The van der Waals surface area contributed by atoms with Gasteiger partial charge in [-0.3, -0.25) is 0 Å². The van der Waals surface area contributed by atoms with Crippen LogP contribution < -0.4 is 4.90 Å². The summed E-state index contributed by atoms with van der Waals surface area (Å²) in [4.78, 5) is 2.28. The number of fused-ring (bicyclic) bond motifs is 5. The molecule has 0 N–H and O–H groups in total. The Hall–Kier alpha value is -6.12. The van der Waals surface area contributed by atoms with Crippen LogP contribution in [-0.4, -0.2) is 0 Å². The number of anilines is 3. The molecule has 216 valence electrons. The number of hydrogen-bond donors (Lipinski definition) is 0. The zero-order valence-electron chi connectivity index (χ0n) is 25.1. The molecule has 0 bridgehead atoms. The van der Waals surface area contributed by atoms with Crippen LogP contribution in [0.5, 0.6) is 0 Å². The third-order valence-electron chi connectivity index (χ3n) is 9.05. The maximum absolute atomic E-state index is 6.69. The Morgan fingerprint density at radius 2 is 0.761 bits per heavy atom. The van der Waals surface area contributed by atoms with Gasteiger partial charge in [-0.25, -0.2) is 0 Å². The van der Waals surface area contributed by atoms with Gasteiger partial charge in [0.05, 0.1) is 0 Å². The van der Waals surface area contributed by atoms with Crippen LogP contribution in [0.15, 0.2) is 180 Å². The number of rotatable bonds is 5. The highest BCUT2D eigenvalue weighted by Gasteiger charge is 2.27. The highest BCUT2D eigenvalue weighted by Crippen LogP contribution is 2.52. The van der Waals surface area contributed by atoms with Gasteiger partial charge in [-0.15, -0.1) is 0 Å². The van der Waals surface area contributed by atoms with Gasteiger partial charge in [0.15, 0.2) is 0 Å². The van der Waals surface area contributed by atoms with Gasteiger partial charge in [0.25, 0.3) is 0 Å². The molecule has 1 aliphatic carbocycles. The molecule has 0 fully saturated rings. The van der Waals surface area contributed by atoms with Gasteiger partial charge >= 0.3 is 0 Å². The van der Waals surface area contributed by atoms with Crippen molar-refractivity contribution in [3.63, 3.8) is 0 Å². The topological polar surface area (TPSA) is 16.4 Å². The van der Waals surface area contributed by atoms with Crippen LogP contribution in [0.2, 0.25) is 0 Å². The second kappa shape index (κ2) is 10.8. The zero-order chi connectivity index (χ0) is 30.5. The molecule has 0 saturated heterocycles. The van der Waals surface area contributed by atoms with Crippen molar-refractivity contribution in [1.82, 2.24) is 0 Å². The van der Waals surface area contributed by atoms with Crippen molar-refractivity contribution in [3.05, 3.63) is 176 Å². The summed E-state index contributed by atoms with van der Waals surface area (Å²) in [5.41, 5.74) is 15.0. The van der Waals surface area contributed by atoms with E-state index in [1.807, 2.05) is 0 Å².